The average Bonchev–Trinajstić information content (AvgIpc) is 2.74. The van der Waals surface area contributed by atoms with E-state index in [4.69, 9.17) is 0 Å². The van der Waals surface area contributed by atoms with Gasteiger partial charge in [-0.25, -0.2) is 4.39 Å². The summed E-state index contributed by atoms with van der Waals surface area (Å²) in [5, 5.41) is 6.31. The van der Waals surface area contributed by atoms with Gasteiger partial charge in [-0.3, -0.25) is 9.89 Å². The van der Waals surface area contributed by atoms with Crippen molar-refractivity contribution in [3.63, 3.8) is 0 Å². The number of H-pyrrole nitrogens is 1. The lowest BCUT2D eigenvalue weighted by atomic mass is 10.1. The molecule has 0 amide bonds. The van der Waals surface area contributed by atoms with Gasteiger partial charge >= 0.3 is 0 Å². The molecule has 1 heterocycles. The molecule has 2 aromatic rings. The first-order valence-corrected chi connectivity index (χ1v) is 4.97. The van der Waals surface area contributed by atoms with Crippen LogP contribution in [0, 0.1) is 5.82 Å². The number of aromatic nitrogens is 2. The number of carbonyl (C=O) groups is 1. The molecule has 1 N–H and O–H groups in total. The third kappa shape index (κ3) is 1.97. The molecule has 0 spiro atoms. The van der Waals surface area contributed by atoms with Gasteiger partial charge in [0, 0.05) is 11.8 Å². The monoisotopic (exact) mass is 268 g/mol. The van der Waals surface area contributed by atoms with Crippen molar-refractivity contribution in [2.24, 2.45) is 0 Å². The molecular formula is C10H6BrFN2O. The van der Waals surface area contributed by atoms with Gasteiger partial charge in [-0.15, -0.1) is 0 Å². The second-order valence-corrected chi connectivity index (χ2v) is 3.77. The van der Waals surface area contributed by atoms with E-state index in [1.807, 2.05) is 0 Å². The van der Waals surface area contributed by atoms with Crippen molar-refractivity contribution in [2.45, 2.75) is 0 Å². The molecule has 0 atom stereocenters. The van der Waals surface area contributed by atoms with Crippen LogP contribution in [0.15, 0.2) is 34.9 Å². The summed E-state index contributed by atoms with van der Waals surface area (Å²) in [5.41, 5.74) is 0.712. The van der Waals surface area contributed by atoms with Gasteiger partial charge in [-0.2, -0.15) is 5.10 Å². The second kappa shape index (κ2) is 3.94. The first kappa shape index (κ1) is 10.0. The Hall–Kier alpha value is -1.49. The van der Waals surface area contributed by atoms with Crippen molar-refractivity contribution >= 4 is 21.7 Å². The Kier molecular flexibility index (Phi) is 2.64. The van der Waals surface area contributed by atoms with Crippen molar-refractivity contribution in [1.29, 1.82) is 0 Å². The predicted octanol–water partition coefficient (Wildman–Crippen LogP) is 2.54. The molecule has 0 saturated carbocycles. The highest BCUT2D eigenvalue weighted by Gasteiger charge is 2.12. The van der Waals surface area contributed by atoms with Crippen LogP contribution < -0.4 is 0 Å². The van der Waals surface area contributed by atoms with Gasteiger partial charge in [0.05, 0.1) is 4.47 Å². The number of carbonyl (C=O) groups excluding carboxylic acids is 1. The van der Waals surface area contributed by atoms with Gasteiger partial charge in [-0.1, -0.05) is 0 Å². The third-order valence-corrected chi connectivity index (χ3v) is 2.52. The molecule has 0 saturated heterocycles. The second-order valence-electron chi connectivity index (χ2n) is 2.92. The zero-order chi connectivity index (χ0) is 10.8. The Labute approximate surface area is 93.4 Å². The lowest BCUT2D eigenvalue weighted by molar-refractivity contribution is 0.103. The topological polar surface area (TPSA) is 45.8 Å². The summed E-state index contributed by atoms with van der Waals surface area (Å²) >= 11 is 3.02. The van der Waals surface area contributed by atoms with E-state index >= 15 is 0 Å². The molecule has 0 radical (unpaired) electrons. The Morgan fingerprint density at radius 3 is 2.80 bits per heavy atom. The number of nitrogens with zero attached hydrogens (tertiary/aromatic N) is 1. The fraction of sp³-hybridized carbons (Fsp3) is 0. The van der Waals surface area contributed by atoms with Crippen LogP contribution in [0.25, 0.3) is 0 Å². The average molecular weight is 269 g/mol. The molecule has 1 aromatic carbocycles. The van der Waals surface area contributed by atoms with E-state index < -0.39 is 5.82 Å². The Morgan fingerprint density at radius 2 is 2.20 bits per heavy atom. The molecule has 15 heavy (non-hydrogen) atoms. The maximum Gasteiger partial charge on any atom is 0.213 e. The third-order valence-electron chi connectivity index (χ3n) is 1.92. The van der Waals surface area contributed by atoms with E-state index in [1.54, 1.807) is 12.3 Å². The van der Waals surface area contributed by atoms with E-state index in [0.29, 0.717) is 11.3 Å². The standard InChI is InChI=1S/C10H6BrFN2O/c11-7-5-6(1-2-8(7)12)10(15)9-3-4-13-14-9/h1-5H,(H,13,14). The Morgan fingerprint density at radius 1 is 1.40 bits per heavy atom. The number of benzene rings is 1. The normalized spacial score (nSPS) is 10.3. The number of halogens is 2. The molecule has 0 unspecified atom stereocenters. The minimum absolute atomic E-state index is 0.239. The van der Waals surface area contributed by atoms with Gasteiger partial charge in [-0.05, 0) is 40.2 Å². The smallest absolute Gasteiger partial charge is 0.213 e. The van der Waals surface area contributed by atoms with E-state index in [2.05, 4.69) is 26.1 Å². The van der Waals surface area contributed by atoms with Crippen LogP contribution >= 0.6 is 15.9 Å². The molecule has 1 aromatic heterocycles. The lowest BCUT2D eigenvalue weighted by Crippen LogP contribution is -2.02. The maximum absolute atomic E-state index is 12.9. The highest BCUT2D eigenvalue weighted by Crippen LogP contribution is 2.18. The number of ketones is 1. The number of rotatable bonds is 2. The summed E-state index contributed by atoms with van der Waals surface area (Å²) < 4.78 is 13.2. The van der Waals surface area contributed by atoms with Gasteiger partial charge in [0.2, 0.25) is 5.78 Å². The van der Waals surface area contributed by atoms with E-state index in [9.17, 15) is 9.18 Å². The summed E-state index contributed by atoms with van der Waals surface area (Å²) in [6.45, 7) is 0. The van der Waals surface area contributed by atoms with Gasteiger partial charge in [0.1, 0.15) is 11.5 Å². The molecule has 0 aliphatic rings. The quantitative estimate of drug-likeness (QED) is 0.851. The number of hydrogen-bond donors (Lipinski definition) is 1. The number of nitrogens with one attached hydrogen (secondary N) is 1. The first-order valence-electron chi connectivity index (χ1n) is 4.18. The summed E-state index contributed by atoms with van der Waals surface area (Å²) in [7, 11) is 0. The molecule has 0 aliphatic carbocycles. The highest BCUT2D eigenvalue weighted by molar-refractivity contribution is 9.10. The zero-order valence-corrected chi connectivity index (χ0v) is 9.08. The zero-order valence-electron chi connectivity index (χ0n) is 7.50. The van der Waals surface area contributed by atoms with Crippen LogP contribution in [-0.4, -0.2) is 16.0 Å². The fourth-order valence-corrected chi connectivity index (χ4v) is 1.55. The van der Waals surface area contributed by atoms with Crippen molar-refractivity contribution in [2.75, 3.05) is 0 Å². The van der Waals surface area contributed by atoms with Gasteiger partial charge in [0.25, 0.3) is 0 Å². The van der Waals surface area contributed by atoms with Crippen LogP contribution in [0.1, 0.15) is 16.1 Å². The fourth-order valence-electron chi connectivity index (χ4n) is 1.17. The predicted molar refractivity (Wildman–Crippen MR) is 56.1 cm³/mol. The largest absolute Gasteiger partial charge is 0.287 e. The summed E-state index contributed by atoms with van der Waals surface area (Å²) in [4.78, 5) is 11.7. The van der Waals surface area contributed by atoms with E-state index in [0.717, 1.165) is 0 Å². The van der Waals surface area contributed by atoms with Gasteiger partial charge < -0.3 is 0 Å². The minimum Gasteiger partial charge on any atom is -0.287 e. The van der Waals surface area contributed by atoms with Gasteiger partial charge in [0.15, 0.2) is 0 Å². The molecule has 2 rings (SSSR count). The maximum atomic E-state index is 12.9. The van der Waals surface area contributed by atoms with Crippen LogP contribution in [0.5, 0.6) is 0 Å². The summed E-state index contributed by atoms with van der Waals surface area (Å²) in [5.74, 6) is -0.634. The molecule has 5 heteroatoms. The Bertz CT molecular complexity index is 496. The van der Waals surface area contributed by atoms with Crippen molar-refractivity contribution < 1.29 is 9.18 Å². The Balaban J connectivity index is 2.39. The van der Waals surface area contributed by atoms with E-state index in [1.165, 1.54) is 18.2 Å². The van der Waals surface area contributed by atoms with Crippen molar-refractivity contribution in [1.82, 2.24) is 10.2 Å². The highest BCUT2D eigenvalue weighted by atomic mass is 79.9. The van der Waals surface area contributed by atoms with Crippen LogP contribution in [0.2, 0.25) is 0 Å². The molecular weight excluding hydrogens is 263 g/mol. The SMILES string of the molecule is O=C(c1ccc(F)c(Br)c1)c1cc[nH]n1. The summed E-state index contributed by atoms with van der Waals surface area (Å²) in [6.07, 6.45) is 1.56. The minimum atomic E-state index is -0.395. The molecule has 76 valence electrons. The van der Waals surface area contributed by atoms with Crippen molar-refractivity contribution in [3.8, 4) is 0 Å². The van der Waals surface area contributed by atoms with Crippen LogP contribution in [-0.2, 0) is 0 Å². The lowest BCUT2D eigenvalue weighted by Gasteiger charge is -1.99. The van der Waals surface area contributed by atoms with Crippen LogP contribution in [0.3, 0.4) is 0 Å². The van der Waals surface area contributed by atoms with E-state index in [-0.39, 0.29) is 10.3 Å². The number of aromatic amines is 1. The molecule has 0 aliphatic heterocycles. The number of hydrogen-bond acceptors (Lipinski definition) is 2. The van der Waals surface area contributed by atoms with Crippen LogP contribution in [0.4, 0.5) is 4.39 Å². The summed E-state index contributed by atoms with van der Waals surface area (Å²) in [6, 6.07) is 5.67. The molecule has 0 bridgehead atoms. The molecule has 0 fully saturated rings. The first-order chi connectivity index (χ1) is 7.18. The molecule has 3 nitrogen and oxygen atoms in total. The van der Waals surface area contributed by atoms with Crippen molar-refractivity contribution in [3.05, 3.63) is 52.0 Å².